The van der Waals surface area contributed by atoms with Gasteiger partial charge in [-0.2, -0.15) is 0 Å². The van der Waals surface area contributed by atoms with Crippen LogP contribution >= 0.6 is 0 Å². The number of nitrogens with one attached hydrogen (secondary N) is 1. The minimum absolute atomic E-state index is 0.0720. The second-order valence-corrected chi connectivity index (χ2v) is 7.41. The molecule has 0 spiro atoms. The fraction of sp³-hybridized carbons (Fsp3) is 0.250. The van der Waals surface area contributed by atoms with Crippen LogP contribution in [-0.2, 0) is 17.8 Å². The van der Waals surface area contributed by atoms with Crippen LogP contribution in [0.3, 0.4) is 0 Å². The number of hydrogen-bond acceptors (Lipinski definition) is 3. The zero-order valence-electron chi connectivity index (χ0n) is 17.6. The van der Waals surface area contributed by atoms with E-state index in [2.05, 4.69) is 28.7 Å². The molecule has 2 aromatic heterocycles. The summed E-state index contributed by atoms with van der Waals surface area (Å²) in [6, 6.07) is 14.0. The van der Waals surface area contributed by atoms with E-state index in [0.717, 1.165) is 28.7 Å². The molecule has 0 saturated carbocycles. The molecule has 6 nitrogen and oxygen atoms in total. The van der Waals surface area contributed by atoms with Crippen molar-refractivity contribution < 1.29 is 9.53 Å². The van der Waals surface area contributed by atoms with Gasteiger partial charge in [-0.1, -0.05) is 12.1 Å². The van der Waals surface area contributed by atoms with E-state index in [4.69, 9.17) is 4.74 Å². The van der Waals surface area contributed by atoms with Crippen LogP contribution in [0.2, 0.25) is 0 Å². The van der Waals surface area contributed by atoms with E-state index in [-0.39, 0.29) is 5.91 Å². The zero-order chi connectivity index (χ0) is 21.1. The topological polar surface area (TPSA) is 61.1 Å². The van der Waals surface area contributed by atoms with Gasteiger partial charge >= 0.3 is 0 Å². The molecule has 6 heteroatoms. The smallest absolute Gasteiger partial charge is 0.251 e. The monoisotopic (exact) mass is 402 g/mol. The molecule has 2 heterocycles. The van der Waals surface area contributed by atoms with Crippen molar-refractivity contribution in [3.63, 3.8) is 0 Å². The first kappa shape index (κ1) is 19.9. The summed E-state index contributed by atoms with van der Waals surface area (Å²) < 4.78 is 9.43. The SMILES string of the molecule is COCCn1c(C)c(C)c2cc(C(=O)NCc3ccc(-n4ccnc4)cc3)ccc21. The molecule has 2 aromatic carbocycles. The second kappa shape index (κ2) is 8.55. The highest BCUT2D eigenvalue weighted by Gasteiger charge is 2.14. The quantitative estimate of drug-likeness (QED) is 0.508. The number of benzene rings is 2. The van der Waals surface area contributed by atoms with Gasteiger partial charge in [-0.25, -0.2) is 4.98 Å². The van der Waals surface area contributed by atoms with Gasteiger partial charge in [0.05, 0.1) is 12.9 Å². The number of ether oxygens (including phenoxy) is 1. The first-order valence-electron chi connectivity index (χ1n) is 10.0. The van der Waals surface area contributed by atoms with Crippen LogP contribution < -0.4 is 5.32 Å². The molecule has 0 radical (unpaired) electrons. The molecular formula is C24H26N4O2. The molecule has 0 atom stereocenters. The number of imidazole rings is 1. The molecular weight excluding hydrogens is 376 g/mol. The number of aryl methyl sites for hydroxylation is 1. The van der Waals surface area contributed by atoms with Gasteiger partial charge in [0.15, 0.2) is 0 Å². The number of hydrogen-bond donors (Lipinski definition) is 1. The summed E-state index contributed by atoms with van der Waals surface area (Å²) >= 11 is 0. The summed E-state index contributed by atoms with van der Waals surface area (Å²) in [5.74, 6) is -0.0720. The molecule has 1 N–H and O–H groups in total. The molecule has 0 fully saturated rings. The van der Waals surface area contributed by atoms with Crippen molar-refractivity contribution in [2.45, 2.75) is 26.9 Å². The van der Waals surface area contributed by atoms with Gasteiger partial charge in [0.1, 0.15) is 0 Å². The number of aromatic nitrogens is 3. The Labute approximate surface area is 176 Å². The molecule has 0 aliphatic rings. The second-order valence-electron chi connectivity index (χ2n) is 7.41. The van der Waals surface area contributed by atoms with Gasteiger partial charge < -0.3 is 19.2 Å². The first-order chi connectivity index (χ1) is 14.6. The van der Waals surface area contributed by atoms with Crippen molar-refractivity contribution in [3.8, 4) is 5.69 Å². The number of carbonyl (C=O) groups excluding carboxylic acids is 1. The number of amides is 1. The van der Waals surface area contributed by atoms with Crippen molar-refractivity contribution in [2.24, 2.45) is 0 Å². The molecule has 0 unspecified atom stereocenters. The van der Waals surface area contributed by atoms with E-state index in [9.17, 15) is 4.79 Å². The van der Waals surface area contributed by atoms with E-state index in [1.165, 1.54) is 11.3 Å². The van der Waals surface area contributed by atoms with Gasteiger partial charge in [-0.3, -0.25) is 4.79 Å². The summed E-state index contributed by atoms with van der Waals surface area (Å²) in [6.07, 6.45) is 5.42. The van der Waals surface area contributed by atoms with Gasteiger partial charge in [-0.15, -0.1) is 0 Å². The maximum atomic E-state index is 12.7. The van der Waals surface area contributed by atoms with E-state index in [1.54, 1.807) is 19.6 Å². The summed E-state index contributed by atoms with van der Waals surface area (Å²) in [5.41, 5.74) is 6.30. The molecule has 0 aliphatic carbocycles. The van der Waals surface area contributed by atoms with E-state index in [1.807, 2.05) is 53.2 Å². The van der Waals surface area contributed by atoms with Crippen molar-refractivity contribution >= 4 is 16.8 Å². The molecule has 4 aromatic rings. The summed E-state index contributed by atoms with van der Waals surface area (Å²) in [5, 5.41) is 4.14. The third-order valence-corrected chi connectivity index (χ3v) is 5.61. The van der Waals surface area contributed by atoms with E-state index < -0.39 is 0 Å². The third kappa shape index (κ3) is 3.86. The standard InChI is InChI=1S/C24H26N4O2/c1-17-18(2)28(12-13-30-3)23-9-6-20(14-22(17)23)24(29)26-15-19-4-7-21(8-5-19)27-11-10-25-16-27/h4-11,14,16H,12-13,15H2,1-3H3,(H,26,29). The maximum absolute atomic E-state index is 12.7. The van der Waals surface area contributed by atoms with Crippen LogP contribution in [0, 0.1) is 13.8 Å². The highest BCUT2D eigenvalue weighted by Crippen LogP contribution is 2.26. The minimum atomic E-state index is -0.0720. The Morgan fingerprint density at radius 2 is 1.93 bits per heavy atom. The highest BCUT2D eigenvalue weighted by molar-refractivity contribution is 5.99. The summed E-state index contributed by atoms with van der Waals surface area (Å²) in [4.78, 5) is 16.8. The summed E-state index contributed by atoms with van der Waals surface area (Å²) in [7, 11) is 1.71. The van der Waals surface area contributed by atoms with Gasteiger partial charge in [0, 0.05) is 60.4 Å². The third-order valence-electron chi connectivity index (χ3n) is 5.61. The van der Waals surface area contributed by atoms with E-state index in [0.29, 0.717) is 18.7 Å². The van der Waals surface area contributed by atoms with Crippen LogP contribution in [0.5, 0.6) is 0 Å². The minimum Gasteiger partial charge on any atom is -0.383 e. The number of rotatable bonds is 7. The molecule has 1 amide bonds. The predicted molar refractivity (Wildman–Crippen MR) is 118 cm³/mol. The van der Waals surface area contributed by atoms with Crippen LogP contribution in [0.25, 0.3) is 16.6 Å². The fourth-order valence-electron chi connectivity index (χ4n) is 3.74. The van der Waals surface area contributed by atoms with E-state index >= 15 is 0 Å². The van der Waals surface area contributed by atoms with Crippen molar-refractivity contribution in [1.82, 2.24) is 19.4 Å². The Morgan fingerprint density at radius 1 is 1.13 bits per heavy atom. The maximum Gasteiger partial charge on any atom is 0.251 e. The number of nitrogens with zero attached hydrogens (tertiary/aromatic N) is 3. The Kier molecular flexibility index (Phi) is 5.68. The predicted octanol–water partition coefficient (Wildman–Crippen LogP) is 4.02. The Balaban J connectivity index is 1.47. The van der Waals surface area contributed by atoms with Crippen molar-refractivity contribution in [3.05, 3.63) is 83.6 Å². The summed E-state index contributed by atoms with van der Waals surface area (Å²) in [6.45, 7) is 6.15. The average Bonchev–Trinajstić information content (AvgIpc) is 3.39. The van der Waals surface area contributed by atoms with Crippen LogP contribution in [0.15, 0.2) is 61.2 Å². The van der Waals surface area contributed by atoms with Crippen molar-refractivity contribution in [1.29, 1.82) is 0 Å². The lowest BCUT2D eigenvalue weighted by Gasteiger charge is -2.09. The molecule has 0 aliphatic heterocycles. The average molecular weight is 402 g/mol. The molecule has 4 rings (SSSR count). The van der Waals surface area contributed by atoms with Gasteiger partial charge in [0.25, 0.3) is 5.91 Å². The van der Waals surface area contributed by atoms with Crippen molar-refractivity contribution in [2.75, 3.05) is 13.7 Å². The Morgan fingerprint density at radius 3 is 2.63 bits per heavy atom. The van der Waals surface area contributed by atoms with Crippen LogP contribution in [0.4, 0.5) is 0 Å². The Bertz CT molecular complexity index is 1160. The molecule has 0 saturated heterocycles. The first-order valence-corrected chi connectivity index (χ1v) is 10.0. The largest absolute Gasteiger partial charge is 0.383 e. The fourth-order valence-corrected chi connectivity index (χ4v) is 3.74. The van der Waals surface area contributed by atoms with Crippen LogP contribution in [0.1, 0.15) is 27.2 Å². The molecule has 30 heavy (non-hydrogen) atoms. The number of methoxy groups -OCH3 is 1. The number of fused-ring (bicyclic) bond motifs is 1. The number of carbonyl (C=O) groups is 1. The molecule has 0 bridgehead atoms. The lowest BCUT2D eigenvalue weighted by Crippen LogP contribution is -2.22. The highest BCUT2D eigenvalue weighted by atomic mass is 16.5. The normalized spacial score (nSPS) is 11.2. The lowest BCUT2D eigenvalue weighted by molar-refractivity contribution is 0.0951. The lowest BCUT2D eigenvalue weighted by atomic mass is 10.1. The van der Waals surface area contributed by atoms with Gasteiger partial charge in [-0.05, 0) is 55.3 Å². The zero-order valence-corrected chi connectivity index (χ0v) is 17.6. The van der Waals surface area contributed by atoms with Crippen LogP contribution in [-0.4, -0.2) is 33.7 Å². The Hall–Kier alpha value is -3.38. The molecule has 154 valence electrons. The van der Waals surface area contributed by atoms with Gasteiger partial charge in [0.2, 0.25) is 0 Å².